The van der Waals surface area contributed by atoms with E-state index in [1.54, 1.807) is 36.2 Å². The maximum Gasteiger partial charge on any atom is 0.260 e. The molecule has 0 saturated carbocycles. The fourth-order valence-corrected chi connectivity index (χ4v) is 3.29. The van der Waals surface area contributed by atoms with Gasteiger partial charge in [-0.3, -0.25) is 9.59 Å². The van der Waals surface area contributed by atoms with Crippen LogP contribution in [0, 0.1) is 0 Å². The second-order valence-corrected chi connectivity index (χ2v) is 7.18. The summed E-state index contributed by atoms with van der Waals surface area (Å²) in [5, 5.41) is 0.912. The number of halogens is 2. The van der Waals surface area contributed by atoms with Crippen molar-refractivity contribution in [3.8, 4) is 5.75 Å². The minimum atomic E-state index is -0.176. The SMILES string of the molecule is CN(Cc1cccc(Cl)c1Cl)C(=O)COc1ccc(N2CCCC2=O)cc1. The molecule has 0 unspecified atom stereocenters. The molecule has 7 heteroatoms. The molecule has 2 aromatic rings. The molecular weight excluding hydrogens is 387 g/mol. The van der Waals surface area contributed by atoms with E-state index in [-0.39, 0.29) is 18.4 Å². The van der Waals surface area contributed by atoms with Crippen LogP contribution in [0.5, 0.6) is 5.75 Å². The molecule has 1 fully saturated rings. The Morgan fingerprint density at radius 1 is 1.19 bits per heavy atom. The van der Waals surface area contributed by atoms with Crippen LogP contribution in [0.25, 0.3) is 0 Å². The Bertz CT molecular complexity index is 840. The van der Waals surface area contributed by atoms with Gasteiger partial charge in [0.1, 0.15) is 5.75 Å². The zero-order valence-corrected chi connectivity index (χ0v) is 16.5. The van der Waals surface area contributed by atoms with E-state index in [1.807, 2.05) is 18.2 Å². The number of carbonyl (C=O) groups excluding carboxylic acids is 2. The van der Waals surface area contributed by atoms with E-state index in [4.69, 9.17) is 27.9 Å². The number of carbonyl (C=O) groups is 2. The summed E-state index contributed by atoms with van der Waals surface area (Å²) >= 11 is 12.2. The van der Waals surface area contributed by atoms with Gasteiger partial charge >= 0.3 is 0 Å². The normalized spacial score (nSPS) is 13.7. The fraction of sp³-hybridized carbons (Fsp3) is 0.300. The minimum Gasteiger partial charge on any atom is -0.484 e. The monoisotopic (exact) mass is 406 g/mol. The molecule has 0 N–H and O–H groups in total. The van der Waals surface area contributed by atoms with E-state index >= 15 is 0 Å². The number of benzene rings is 2. The third-order valence-electron chi connectivity index (χ3n) is 4.45. The Morgan fingerprint density at radius 2 is 1.93 bits per heavy atom. The predicted molar refractivity (Wildman–Crippen MR) is 106 cm³/mol. The molecule has 0 aromatic heterocycles. The number of hydrogen-bond donors (Lipinski definition) is 0. The smallest absolute Gasteiger partial charge is 0.260 e. The zero-order valence-electron chi connectivity index (χ0n) is 15.0. The van der Waals surface area contributed by atoms with Crippen LogP contribution in [0.2, 0.25) is 10.0 Å². The largest absolute Gasteiger partial charge is 0.484 e. The van der Waals surface area contributed by atoms with Crippen LogP contribution < -0.4 is 9.64 Å². The quantitative estimate of drug-likeness (QED) is 0.723. The number of hydrogen-bond acceptors (Lipinski definition) is 3. The fourth-order valence-electron chi connectivity index (χ4n) is 2.91. The molecule has 2 aromatic carbocycles. The highest BCUT2D eigenvalue weighted by Gasteiger charge is 2.21. The highest BCUT2D eigenvalue weighted by atomic mass is 35.5. The van der Waals surface area contributed by atoms with Crippen molar-refractivity contribution in [1.82, 2.24) is 4.90 Å². The van der Waals surface area contributed by atoms with E-state index < -0.39 is 0 Å². The zero-order chi connectivity index (χ0) is 19.4. The lowest BCUT2D eigenvalue weighted by Gasteiger charge is -2.19. The molecule has 1 aliphatic rings. The molecule has 1 heterocycles. The molecule has 1 aliphatic heterocycles. The third-order valence-corrected chi connectivity index (χ3v) is 5.31. The summed E-state index contributed by atoms with van der Waals surface area (Å²) in [6.45, 7) is 1.00. The summed E-state index contributed by atoms with van der Waals surface area (Å²) in [4.78, 5) is 27.4. The predicted octanol–water partition coefficient (Wildman–Crippen LogP) is 4.16. The van der Waals surface area contributed by atoms with Crippen molar-refractivity contribution in [3.05, 3.63) is 58.1 Å². The van der Waals surface area contributed by atoms with E-state index in [1.165, 1.54) is 4.90 Å². The summed E-state index contributed by atoms with van der Waals surface area (Å²) < 4.78 is 5.57. The van der Waals surface area contributed by atoms with Gasteiger partial charge in [0, 0.05) is 32.2 Å². The Labute approximate surface area is 168 Å². The van der Waals surface area contributed by atoms with Crippen LogP contribution in [0.15, 0.2) is 42.5 Å². The lowest BCUT2D eigenvalue weighted by atomic mass is 10.2. The number of anilines is 1. The summed E-state index contributed by atoms with van der Waals surface area (Å²) in [5.74, 6) is 0.540. The second kappa shape index (κ2) is 8.63. The van der Waals surface area contributed by atoms with Crippen molar-refractivity contribution < 1.29 is 14.3 Å². The van der Waals surface area contributed by atoms with Gasteiger partial charge in [0.15, 0.2) is 6.61 Å². The average Bonchev–Trinajstić information content (AvgIpc) is 3.09. The third kappa shape index (κ3) is 4.73. The number of nitrogens with zero attached hydrogens (tertiary/aromatic N) is 2. The van der Waals surface area contributed by atoms with Crippen LogP contribution in [-0.4, -0.2) is 36.9 Å². The Morgan fingerprint density at radius 3 is 2.59 bits per heavy atom. The Balaban J connectivity index is 1.54. The van der Waals surface area contributed by atoms with E-state index in [0.29, 0.717) is 28.8 Å². The first-order valence-electron chi connectivity index (χ1n) is 8.66. The van der Waals surface area contributed by atoms with Crippen molar-refractivity contribution >= 4 is 40.7 Å². The molecule has 3 rings (SSSR count). The number of ether oxygens (including phenoxy) is 1. The molecule has 27 heavy (non-hydrogen) atoms. The van der Waals surface area contributed by atoms with Crippen molar-refractivity contribution in [1.29, 1.82) is 0 Å². The van der Waals surface area contributed by atoms with E-state index in [2.05, 4.69) is 0 Å². The van der Waals surface area contributed by atoms with Crippen LogP contribution >= 0.6 is 23.2 Å². The maximum absolute atomic E-state index is 12.3. The maximum atomic E-state index is 12.3. The summed E-state index contributed by atoms with van der Waals surface area (Å²) in [6.07, 6.45) is 1.48. The molecule has 1 saturated heterocycles. The van der Waals surface area contributed by atoms with Gasteiger partial charge < -0.3 is 14.5 Å². The molecule has 5 nitrogen and oxygen atoms in total. The minimum absolute atomic E-state index is 0.0866. The molecule has 0 bridgehead atoms. The second-order valence-electron chi connectivity index (χ2n) is 6.39. The van der Waals surface area contributed by atoms with Crippen LogP contribution in [0.4, 0.5) is 5.69 Å². The lowest BCUT2D eigenvalue weighted by molar-refractivity contribution is -0.132. The van der Waals surface area contributed by atoms with E-state index in [0.717, 1.165) is 24.2 Å². The van der Waals surface area contributed by atoms with Crippen molar-refractivity contribution in [2.24, 2.45) is 0 Å². The summed E-state index contributed by atoms with van der Waals surface area (Å²) in [5.41, 5.74) is 1.63. The van der Waals surface area contributed by atoms with Crippen LogP contribution in [0.3, 0.4) is 0 Å². The first kappa shape index (κ1) is 19.5. The molecule has 0 atom stereocenters. The standard InChI is InChI=1S/C20H20Cl2N2O3/c1-23(12-14-4-2-5-17(21)20(14)22)19(26)13-27-16-9-7-15(8-10-16)24-11-3-6-18(24)25/h2,4-5,7-10H,3,6,11-13H2,1H3. The molecule has 0 spiro atoms. The number of amides is 2. The van der Waals surface area contributed by atoms with Gasteiger partial charge in [0.2, 0.25) is 5.91 Å². The van der Waals surface area contributed by atoms with Crippen LogP contribution in [0.1, 0.15) is 18.4 Å². The summed E-state index contributed by atoms with van der Waals surface area (Å²) in [6, 6.07) is 12.5. The van der Waals surface area contributed by atoms with Gasteiger partial charge in [-0.15, -0.1) is 0 Å². The van der Waals surface area contributed by atoms with Gasteiger partial charge in [-0.1, -0.05) is 35.3 Å². The number of likely N-dealkylation sites (N-methyl/N-ethyl adjacent to an activating group) is 1. The topological polar surface area (TPSA) is 49.9 Å². The van der Waals surface area contributed by atoms with Crippen LogP contribution in [-0.2, 0) is 16.1 Å². The molecule has 2 amide bonds. The first-order valence-corrected chi connectivity index (χ1v) is 9.41. The first-order chi connectivity index (χ1) is 13.0. The molecule has 0 aliphatic carbocycles. The lowest BCUT2D eigenvalue weighted by Crippen LogP contribution is -2.31. The van der Waals surface area contributed by atoms with Gasteiger partial charge in [-0.05, 0) is 42.3 Å². The van der Waals surface area contributed by atoms with Gasteiger partial charge in [-0.25, -0.2) is 0 Å². The highest BCUT2D eigenvalue weighted by Crippen LogP contribution is 2.26. The molecule has 142 valence electrons. The Kier molecular flexibility index (Phi) is 6.24. The van der Waals surface area contributed by atoms with Crippen molar-refractivity contribution in [2.45, 2.75) is 19.4 Å². The number of rotatable bonds is 6. The summed E-state index contributed by atoms with van der Waals surface area (Å²) in [7, 11) is 1.69. The highest BCUT2D eigenvalue weighted by molar-refractivity contribution is 6.42. The average molecular weight is 407 g/mol. The van der Waals surface area contributed by atoms with Gasteiger partial charge in [0.25, 0.3) is 5.91 Å². The molecule has 0 radical (unpaired) electrons. The Hall–Kier alpha value is -2.24. The molecular formula is C20H20Cl2N2O3. The van der Waals surface area contributed by atoms with Gasteiger partial charge in [0.05, 0.1) is 10.0 Å². The van der Waals surface area contributed by atoms with E-state index in [9.17, 15) is 9.59 Å². The van der Waals surface area contributed by atoms with Crippen molar-refractivity contribution in [3.63, 3.8) is 0 Å². The van der Waals surface area contributed by atoms with Gasteiger partial charge in [-0.2, -0.15) is 0 Å². The van der Waals surface area contributed by atoms with Crippen molar-refractivity contribution in [2.75, 3.05) is 25.1 Å².